The van der Waals surface area contributed by atoms with Gasteiger partial charge in [0.1, 0.15) is 11.8 Å². The van der Waals surface area contributed by atoms with Crippen molar-refractivity contribution < 1.29 is 19.4 Å². The molecule has 8 heteroatoms. The fourth-order valence-corrected chi connectivity index (χ4v) is 7.26. The molecule has 0 unspecified atom stereocenters. The van der Waals surface area contributed by atoms with Crippen LogP contribution in [0.4, 0.5) is 16.2 Å². The van der Waals surface area contributed by atoms with Crippen LogP contribution in [0.15, 0.2) is 46.9 Å². The number of carbonyl (C=O) groups excluding carboxylic acids is 2. The number of aliphatic hydroxyl groups excluding tert-OH is 1. The number of anilines is 2. The predicted octanol–water partition coefficient (Wildman–Crippen LogP) is 4.06. The van der Waals surface area contributed by atoms with Gasteiger partial charge >= 0.3 is 6.09 Å². The maximum absolute atomic E-state index is 14.0. The number of para-hydroxylation sites is 1. The molecule has 3 atom stereocenters. The Morgan fingerprint density at radius 1 is 1.21 bits per heavy atom. The largest absolute Gasteiger partial charge is 0.443 e. The van der Waals surface area contributed by atoms with Gasteiger partial charge in [-0.05, 0) is 57.4 Å². The molecule has 7 nitrogen and oxygen atoms in total. The fourth-order valence-electron chi connectivity index (χ4n) is 6.55. The van der Waals surface area contributed by atoms with Crippen molar-refractivity contribution in [2.75, 3.05) is 30.0 Å². The Kier molecular flexibility index (Phi) is 5.26. The van der Waals surface area contributed by atoms with Gasteiger partial charge in [-0.15, -0.1) is 0 Å². The lowest BCUT2D eigenvalue weighted by Gasteiger charge is -2.60. The second kappa shape index (κ2) is 7.71. The van der Waals surface area contributed by atoms with E-state index in [9.17, 15) is 14.7 Å². The third kappa shape index (κ3) is 2.84. The average molecular weight is 528 g/mol. The van der Waals surface area contributed by atoms with Crippen molar-refractivity contribution in [3.8, 4) is 0 Å². The molecule has 0 radical (unpaired) electrons. The lowest BCUT2D eigenvalue weighted by atomic mass is 9.49. The molecule has 0 aliphatic carbocycles. The van der Waals surface area contributed by atoms with E-state index in [-0.39, 0.29) is 18.9 Å². The molecule has 2 N–H and O–H groups in total. The lowest BCUT2D eigenvalue weighted by molar-refractivity contribution is -0.134. The Bertz CT molecular complexity index is 1180. The van der Waals surface area contributed by atoms with Gasteiger partial charge in [0.05, 0.1) is 16.5 Å². The van der Waals surface area contributed by atoms with Crippen LogP contribution in [-0.2, 0) is 20.4 Å². The monoisotopic (exact) mass is 527 g/mol. The highest BCUT2D eigenvalue weighted by Gasteiger charge is 2.72. The molecule has 34 heavy (non-hydrogen) atoms. The second-order valence-corrected chi connectivity index (χ2v) is 11.2. The van der Waals surface area contributed by atoms with Gasteiger partial charge in [0.2, 0.25) is 5.91 Å². The number of piperidine rings is 1. The summed E-state index contributed by atoms with van der Waals surface area (Å²) in [5.41, 5.74) is 0.773. The molecule has 0 saturated carbocycles. The van der Waals surface area contributed by atoms with Crippen LogP contribution >= 0.6 is 15.9 Å². The first-order valence-corrected chi connectivity index (χ1v) is 12.4. The summed E-state index contributed by atoms with van der Waals surface area (Å²) in [5, 5.41) is 13.4. The molecule has 3 aliphatic heterocycles. The topological polar surface area (TPSA) is 82.1 Å². The maximum atomic E-state index is 14.0. The van der Waals surface area contributed by atoms with Crippen molar-refractivity contribution in [2.24, 2.45) is 0 Å². The van der Waals surface area contributed by atoms with E-state index < -0.39 is 28.7 Å². The summed E-state index contributed by atoms with van der Waals surface area (Å²) in [6.45, 7) is 5.87. The number of ether oxygens (including phenoxy) is 1. The molecular weight excluding hydrogens is 498 g/mol. The SMILES string of the molecule is CN1c2cccc(Br)c2[C@]23CCNC(=O)[C@]2(CCO)c2ccccc2N(C(=O)OC(C)(C)C)[C@H]13. The molecular formula is C26H30BrN3O4. The quantitative estimate of drug-likeness (QED) is 0.615. The Morgan fingerprint density at radius 2 is 1.91 bits per heavy atom. The number of nitrogens with one attached hydrogen (secondary N) is 1. The highest BCUT2D eigenvalue weighted by molar-refractivity contribution is 9.10. The van der Waals surface area contributed by atoms with Gasteiger partial charge < -0.3 is 20.1 Å². The number of aliphatic hydroxyl groups is 1. The van der Waals surface area contributed by atoms with Crippen LogP contribution in [-0.4, -0.2) is 49.1 Å². The van der Waals surface area contributed by atoms with Crippen molar-refractivity contribution in [3.05, 3.63) is 58.1 Å². The zero-order valence-electron chi connectivity index (χ0n) is 19.9. The summed E-state index contributed by atoms with van der Waals surface area (Å²) in [6, 6.07) is 13.5. The number of benzene rings is 2. The zero-order chi connectivity index (χ0) is 24.5. The van der Waals surface area contributed by atoms with Gasteiger partial charge in [-0.25, -0.2) is 4.79 Å². The van der Waals surface area contributed by atoms with E-state index in [1.165, 1.54) is 0 Å². The molecule has 1 saturated heterocycles. The van der Waals surface area contributed by atoms with Gasteiger partial charge in [-0.3, -0.25) is 9.69 Å². The van der Waals surface area contributed by atoms with Gasteiger partial charge in [0.25, 0.3) is 0 Å². The third-order valence-electron chi connectivity index (χ3n) is 7.52. The van der Waals surface area contributed by atoms with Gasteiger partial charge in [-0.1, -0.05) is 40.2 Å². The molecule has 1 fully saturated rings. The number of hydrogen-bond donors (Lipinski definition) is 2. The lowest BCUT2D eigenvalue weighted by Crippen LogP contribution is -2.74. The van der Waals surface area contributed by atoms with Crippen LogP contribution in [0.5, 0.6) is 0 Å². The molecule has 1 spiro atoms. The van der Waals surface area contributed by atoms with Crippen LogP contribution in [0.3, 0.4) is 0 Å². The molecule has 5 rings (SSSR count). The first-order valence-electron chi connectivity index (χ1n) is 11.6. The summed E-state index contributed by atoms with van der Waals surface area (Å²) in [7, 11) is 1.96. The molecule has 3 heterocycles. The number of hydrogen-bond acceptors (Lipinski definition) is 5. The molecule has 3 aliphatic rings. The van der Waals surface area contributed by atoms with Crippen molar-refractivity contribution >= 4 is 39.3 Å². The molecule has 180 valence electrons. The number of amides is 2. The van der Waals surface area contributed by atoms with Crippen LogP contribution < -0.4 is 15.1 Å². The van der Waals surface area contributed by atoms with Crippen LogP contribution in [0.25, 0.3) is 0 Å². The van der Waals surface area contributed by atoms with Crippen LogP contribution in [0, 0.1) is 0 Å². The molecule has 2 amide bonds. The average Bonchev–Trinajstić information content (AvgIpc) is 3.02. The highest BCUT2D eigenvalue weighted by Crippen LogP contribution is 2.66. The van der Waals surface area contributed by atoms with Crippen molar-refractivity contribution in [2.45, 2.75) is 56.2 Å². The number of rotatable bonds is 2. The summed E-state index contributed by atoms with van der Waals surface area (Å²) < 4.78 is 6.80. The third-order valence-corrected chi connectivity index (χ3v) is 8.19. The van der Waals surface area contributed by atoms with Crippen molar-refractivity contribution in [1.29, 1.82) is 0 Å². The molecule has 2 aromatic rings. The Morgan fingerprint density at radius 3 is 2.62 bits per heavy atom. The van der Waals surface area contributed by atoms with Crippen LogP contribution in [0.1, 0.15) is 44.7 Å². The summed E-state index contributed by atoms with van der Waals surface area (Å²) in [6.07, 6.45) is -0.118. The minimum absolute atomic E-state index is 0.119. The van der Waals surface area contributed by atoms with E-state index in [0.717, 1.165) is 21.3 Å². The predicted molar refractivity (Wildman–Crippen MR) is 134 cm³/mol. The summed E-state index contributed by atoms with van der Waals surface area (Å²) in [5.74, 6) is -0.119. The van der Waals surface area contributed by atoms with Crippen molar-refractivity contribution in [1.82, 2.24) is 5.32 Å². The number of likely N-dealkylation sites (N-methyl/N-ethyl adjacent to an activating group) is 1. The number of carbonyl (C=O) groups is 2. The van der Waals surface area contributed by atoms with Crippen molar-refractivity contribution in [3.63, 3.8) is 0 Å². The Balaban J connectivity index is 1.90. The summed E-state index contributed by atoms with van der Waals surface area (Å²) in [4.78, 5) is 31.6. The summed E-state index contributed by atoms with van der Waals surface area (Å²) >= 11 is 3.78. The van der Waals surface area contributed by atoms with E-state index in [4.69, 9.17) is 4.74 Å². The highest BCUT2D eigenvalue weighted by atomic mass is 79.9. The molecule has 0 bridgehead atoms. The standard InChI is InChI=1S/C26H30BrN3O4/c1-24(2,3)34-23(33)30-18-10-6-5-8-16(18)25(13-15-31)21(32)28-14-12-26(25)20-17(27)9-7-11-19(20)29(4)22(26)30/h5-11,22,31H,12-15H2,1-4H3,(H,28,32)/t22-,25-,26-/m0/s1. The molecule has 2 aromatic carbocycles. The Labute approximate surface area is 208 Å². The number of fused-ring (bicyclic) bond motifs is 3. The first-order chi connectivity index (χ1) is 16.1. The smallest absolute Gasteiger partial charge is 0.416 e. The fraction of sp³-hybridized carbons (Fsp3) is 0.462. The Hall–Kier alpha value is -2.58. The van der Waals surface area contributed by atoms with Gasteiger partial charge in [0.15, 0.2) is 0 Å². The van der Waals surface area contributed by atoms with Crippen LogP contribution in [0.2, 0.25) is 0 Å². The minimum Gasteiger partial charge on any atom is -0.443 e. The van der Waals surface area contributed by atoms with Gasteiger partial charge in [0, 0.05) is 35.9 Å². The number of halogens is 1. The number of nitrogens with zero attached hydrogens (tertiary/aromatic N) is 2. The first kappa shape index (κ1) is 23.2. The normalized spacial score (nSPS) is 27.4. The van der Waals surface area contributed by atoms with E-state index in [0.29, 0.717) is 18.7 Å². The van der Waals surface area contributed by atoms with E-state index in [1.807, 2.05) is 70.3 Å². The maximum Gasteiger partial charge on any atom is 0.416 e. The van der Waals surface area contributed by atoms with Gasteiger partial charge in [-0.2, -0.15) is 0 Å². The van der Waals surface area contributed by atoms with E-state index in [2.05, 4.69) is 26.1 Å². The zero-order valence-corrected chi connectivity index (χ0v) is 21.5. The minimum atomic E-state index is -1.07. The second-order valence-electron chi connectivity index (χ2n) is 10.3. The molecule has 0 aromatic heterocycles. The van der Waals surface area contributed by atoms with E-state index in [1.54, 1.807) is 4.90 Å². The van der Waals surface area contributed by atoms with E-state index >= 15 is 0 Å².